The number of benzene rings is 1. The minimum Gasteiger partial charge on any atom is -0.492 e. The van der Waals surface area contributed by atoms with E-state index in [0.717, 1.165) is 12.8 Å². The van der Waals surface area contributed by atoms with Crippen molar-refractivity contribution >= 4 is 10.1 Å². The molecule has 2 aliphatic heterocycles. The molecule has 0 amide bonds. The Bertz CT molecular complexity index is 808. The van der Waals surface area contributed by atoms with Crippen LogP contribution in [0.2, 0.25) is 0 Å². The Morgan fingerprint density at radius 2 is 1.59 bits per heavy atom. The topological polar surface area (TPSA) is 98.0 Å². The SMILES string of the molecule is O=S(=O)(On1c(O)c2c(c1O)C1CCC2O1)c1ccccc1. The first-order chi connectivity index (χ1) is 10.5. The molecule has 2 aromatic rings. The summed E-state index contributed by atoms with van der Waals surface area (Å²) in [4.78, 5) is -0.0677. The van der Waals surface area contributed by atoms with Gasteiger partial charge in [0.05, 0.1) is 23.3 Å². The van der Waals surface area contributed by atoms with Crippen LogP contribution in [0.3, 0.4) is 0 Å². The van der Waals surface area contributed by atoms with Crippen molar-refractivity contribution in [2.75, 3.05) is 0 Å². The van der Waals surface area contributed by atoms with Crippen molar-refractivity contribution in [3.63, 3.8) is 0 Å². The Morgan fingerprint density at radius 3 is 2.14 bits per heavy atom. The van der Waals surface area contributed by atoms with Gasteiger partial charge in [0.1, 0.15) is 4.90 Å². The van der Waals surface area contributed by atoms with Crippen LogP contribution < -0.4 is 4.28 Å². The van der Waals surface area contributed by atoms with Crippen LogP contribution >= 0.6 is 0 Å². The van der Waals surface area contributed by atoms with Gasteiger partial charge in [-0.05, 0) is 25.0 Å². The second-order valence-corrected chi connectivity index (χ2v) is 6.83. The third-order valence-corrected chi connectivity index (χ3v) is 5.22. The van der Waals surface area contributed by atoms with Crippen molar-refractivity contribution in [1.82, 2.24) is 4.73 Å². The summed E-state index contributed by atoms with van der Waals surface area (Å²) in [6.45, 7) is 0. The lowest BCUT2D eigenvalue weighted by Crippen LogP contribution is -2.20. The van der Waals surface area contributed by atoms with Crippen LogP contribution in [0.1, 0.15) is 36.2 Å². The molecular formula is C14H13NO6S. The third kappa shape index (κ3) is 1.74. The average molecular weight is 323 g/mol. The predicted molar refractivity (Wildman–Crippen MR) is 73.8 cm³/mol. The van der Waals surface area contributed by atoms with Crippen LogP contribution in [-0.2, 0) is 14.9 Å². The van der Waals surface area contributed by atoms with Crippen molar-refractivity contribution in [3.05, 3.63) is 41.5 Å². The van der Waals surface area contributed by atoms with Crippen LogP contribution in [0, 0.1) is 0 Å². The zero-order chi connectivity index (χ0) is 15.5. The largest absolute Gasteiger partial charge is 0.492 e. The monoisotopic (exact) mass is 323 g/mol. The number of ether oxygens (including phenoxy) is 1. The van der Waals surface area contributed by atoms with E-state index in [2.05, 4.69) is 0 Å². The maximum Gasteiger partial charge on any atom is 0.357 e. The highest BCUT2D eigenvalue weighted by atomic mass is 32.2. The molecule has 1 fully saturated rings. The number of hydrogen-bond acceptors (Lipinski definition) is 6. The molecule has 0 aliphatic carbocycles. The molecule has 116 valence electrons. The Kier molecular flexibility index (Phi) is 2.70. The lowest BCUT2D eigenvalue weighted by atomic mass is 9.95. The molecule has 0 saturated carbocycles. The molecule has 2 unspecified atom stereocenters. The highest BCUT2D eigenvalue weighted by molar-refractivity contribution is 7.87. The second kappa shape index (κ2) is 4.40. The van der Waals surface area contributed by atoms with Gasteiger partial charge in [-0.15, -0.1) is 0 Å². The van der Waals surface area contributed by atoms with Crippen molar-refractivity contribution in [3.8, 4) is 11.8 Å². The van der Waals surface area contributed by atoms with Crippen LogP contribution in [0.15, 0.2) is 35.2 Å². The maximum atomic E-state index is 12.2. The molecule has 1 aromatic carbocycles. The van der Waals surface area contributed by atoms with E-state index in [4.69, 9.17) is 9.02 Å². The lowest BCUT2D eigenvalue weighted by Gasteiger charge is -2.11. The van der Waals surface area contributed by atoms with Crippen LogP contribution in [-0.4, -0.2) is 23.4 Å². The Balaban J connectivity index is 1.77. The first kappa shape index (κ1) is 13.5. The number of aromatic hydroxyl groups is 2. The summed E-state index contributed by atoms with van der Waals surface area (Å²) < 4.78 is 35.5. The maximum absolute atomic E-state index is 12.2. The number of aromatic nitrogens is 1. The molecule has 2 atom stereocenters. The van der Waals surface area contributed by atoms with Crippen molar-refractivity contribution < 1.29 is 27.7 Å². The summed E-state index contributed by atoms with van der Waals surface area (Å²) in [5.41, 5.74) is 0.828. The summed E-state index contributed by atoms with van der Waals surface area (Å²) in [5, 5.41) is 20.4. The summed E-state index contributed by atoms with van der Waals surface area (Å²) in [6, 6.07) is 7.52. The van der Waals surface area contributed by atoms with Crippen molar-refractivity contribution in [2.45, 2.75) is 29.9 Å². The Labute approximate surface area is 126 Å². The lowest BCUT2D eigenvalue weighted by molar-refractivity contribution is 0.0646. The highest BCUT2D eigenvalue weighted by Gasteiger charge is 2.46. The van der Waals surface area contributed by atoms with E-state index in [1.807, 2.05) is 0 Å². The van der Waals surface area contributed by atoms with Gasteiger partial charge in [0, 0.05) is 0 Å². The zero-order valence-electron chi connectivity index (χ0n) is 11.3. The number of fused-ring (bicyclic) bond motifs is 5. The van der Waals surface area contributed by atoms with Gasteiger partial charge < -0.3 is 14.9 Å². The van der Waals surface area contributed by atoms with E-state index >= 15 is 0 Å². The zero-order valence-corrected chi connectivity index (χ0v) is 12.2. The standard InChI is InChI=1S/C14H13NO6S/c16-13-11-9-6-7-10(20-9)12(11)14(17)15(13)21-22(18,19)8-4-2-1-3-5-8/h1-5,9-10,16-17H,6-7H2. The fourth-order valence-corrected chi connectivity index (χ4v) is 3.97. The van der Waals surface area contributed by atoms with Gasteiger partial charge >= 0.3 is 10.1 Å². The van der Waals surface area contributed by atoms with Crippen LogP contribution in [0.25, 0.3) is 0 Å². The van der Waals surface area contributed by atoms with Gasteiger partial charge in [-0.2, -0.15) is 8.42 Å². The number of nitrogens with zero attached hydrogens (tertiary/aromatic N) is 1. The molecule has 4 rings (SSSR count). The first-order valence-electron chi connectivity index (χ1n) is 6.81. The van der Waals surface area contributed by atoms with Gasteiger partial charge in [-0.3, -0.25) is 4.28 Å². The van der Waals surface area contributed by atoms with Crippen molar-refractivity contribution in [2.24, 2.45) is 0 Å². The molecule has 1 aromatic heterocycles. The fourth-order valence-electron chi connectivity index (χ4n) is 3.06. The van der Waals surface area contributed by atoms with Crippen LogP contribution in [0.5, 0.6) is 11.8 Å². The van der Waals surface area contributed by atoms with E-state index in [-0.39, 0.29) is 17.1 Å². The van der Waals surface area contributed by atoms with E-state index in [9.17, 15) is 18.6 Å². The van der Waals surface area contributed by atoms with Gasteiger partial charge in [0.25, 0.3) is 0 Å². The Hall–Kier alpha value is -2.19. The average Bonchev–Trinajstić information content (AvgIpc) is 3.18. The first-order valence-corrected chi connectivity index (χ1v) is 8.22. The predicted octanol–water partition coefficient (Wildman–Crippen LogP) is 1.62. The quantitative estimate of drug-likeness (QED) is 0.891. The number of rotatable bonds is 3. The minimum absolute atomic E-state index is 0.0677. The molecule has 3 heterocycles. The molecular weight excluding hydrogens is 310 g/mol. The van der Waals surface area contributed by atoms with E-state index in [1.165, 1.54) is 12.1 Å². The normalized spacial score (nSPS) is 22.7. The molecule has 0 radical (unpaired) electrons. The second-order valence-electron chi connectivity index (χ2n) is 5.30. The molecule has 2 N–H and O–H groups in total. The number of hydrogen-bond donors (Lipinski definition) is 2. The summed E-state index contributed by atoms with van der Waals surface area (Å²) >= 11 is 0. The van der Waals surface area contributed by atoms with Gasteiger partial charge in [-0.25, -0.2) is 0 Å². The molecule has 0 spiro atoms. The molecule has 8 heteroatoms. The van der Waals surface area contributed by atoms with Crippen LogP contribution in [0.4, 0.5) is 0 Å². The third-order valence-electron chi connectivity index (χ3n) is 4.02. The van der Waals surface area contributed by atoms with Crippen molar-refractivity contribution in [1.29, 1.82) is 0 Å². The van der Waals surface area contributed by atoms with E-state index in [1.54, 1.807) is 18.2 Å². The molecule has 7 nitrogen and oxygen atoms in total. The fraction of sp³-hybridized carbons (Fsp3) is 0.286. The van der Waals surface area contributed by atoms with E-state index in [0.29, 0.717) is 15.9 Å². The molecule has 2 bridgehead atoms. The molecule has 1 saturated heterocycles. The Morgan fingerprint density at radius 1 is 1.05 bits per heavy atom. The van der Waals surface area contributed by atoms with E-state index < -0.39 is 21.9 Å². The minimum atomic E-state index is -4.16. The van der Waals surface area contributed by atoms with Gasteiger partial charge in [0.2, 0.25) is 11.8 Å². The van der Waals surface area contributed by atoms with Gasteiger partial charge in [0.15, 0.2) is 0 Å². The summed E-state index contributed by atoms with van der Waals surface area (Å²) in [5.74, 6) is -0.863. The highest BCUT2D eigenvalue weighted by Crippen LogP contribution is 2.57. The molecule has 22 heavy (non-hydrogen) atoms. The van der Waals surface area contributed by atoms with Gasteiger partial charge in [-0.1, -0.05) is 22.9 Å². The summed E-state index contributed by atoms with van der Waals surface area (Å²) in [6.07, 6.45) is 0.797. The molecule has 2 aliphatic rings. The smallest absolute Gasteiger partial charge is 0.357 e. The summed E-state index contributed by atoms with van der Waals surface area (Å²) in [7, 11) is -4.16.